The molecular weight excluding hydrogens is 355 g/mol. The molecule has 0 saturated heterocycles. The number of ether oxygens (including phenoxy) is 2. The van der Waals surface area contributed by atoms with E-state index in [1.807, 2.05) is 0 Å². The van der Waals surface area contributed by atoms with E-state index in [0.29, 0.717) is 34.0 Å². The summed E-state index contributed by atoms with van der Waals surface area (Å²) in [5, 5.41) is 6.56. The van der Waals surface area contributed by atoms with Crippen LogP contribution >= 0.6 is 0 Å². The molecule has 2 aliphatic heterocycles. The highest BCUT2D eigenvalue weighted by Gasteiger charge is 2.30. The average Bonchev–Trinajstić information content (AvgIpc) is 3.30. The molecule has 1 amide bonds. The molecule has 1 unspecified atom stereocenters. The van der Waals surface area contributed by atoms with Gasteiger partial charge in [-0.25, -0.2) is 4.39 Å². The highest BCUT2D eigenvalue weighted by atomic mass is 19.1. The molecule has 0 aliphatic carbocycles. The Balaban J connectivity index is 1.50. The number of carbonyl (C=O) groups is 2. The molecule has 2 heterocycles. The zero-order valence-electron chi connectivity index (χ0n) is 14.3. The van der Waals surface area contributed by atoms with Gasteiger partial charge in [0.1, 0.15) is 5.82 Å². The van der Waals surface area contributed by atoms with Crippen LogP contribution in [-0.4, -0.2) is 30.3 Å². The van der Waals surface area contributed by atoms with Crippen LogP contribution in [0.15, 0.2) is 41.6 Å². The van der Waals surface area contributed by atoms with E-state index in [4.69, 9.17) is 14.3 Å². The third kappa shape index (κ3) is 3.33. The van der Waals surface area contributed by atoms with Crippen molar-refractivity contribution in [2.24, 2.45) is 5.16 Å². The van der Waals surface area contributed by atoms with Crippen LogP contribution in [0.3, 0.4) is 0 Å². The van der Waals surface area contributed by atoms with E-state index >= 15 is 0 Å². The lowest BCUT2D eigenvalue weighted by Crippen LogP contribution is -2.28. The number of fused-ring (bicyclic) bond motifs is 1. The molecule has 1 N–H and O–H groups in total. The number of oxime groups is 1. The van der Waals surface area contributed by atoms with Gasteiger partial charge < -0.3 is 19.6 Å². The number of hydrogen-bond donors (Lipinski definition) is 1. The molecule has 0 fully saturated rings. The zero-order valence-corrected chi connectivity index (χ0v) is 14.3. The van der Waals surface area contributed by atoms with Crippen molar-refractivity contribution in [3.63, 3.8) is 0 Å². The molecule has 0 bridgehead atoms. The predicted octanol–water partition coefficient (Wildman–Crippen LogP) is 2.89. The van der Waals surface area contributed by atoms with Crippen LogP contribution in [0.4, 0.5) is 10.1 Å². The minimum absolute atomic E-state index is 0.0562. The quantitative estimate of drug-likeness (QED) is 0.837. The number of Topliss-reactive ketones (excluding diaryl/α,β-unsaturated/α-hetero) is 1. The molecule has 2 aromatic rings. The average molecular weight is 370 g/mol. The predicted molar refractivity (Wildman–Crippen MR) is 93.6 cm³/mol. The number of benzene rings is 2. The SMILES string of the molecule is CC(=O)c1cc2c(cc1NC(=O)C1CC(c3cccc(F)c3)=NO1)OCO2. The van der Waals surface area contributed by atoms with E-state index in [2.05, 4.69) is 10.5 Å². The fourth-order valence-corrected chi connectivity index (χ4v) is 2.91. The molecule has 7 nitrogen and oxygen atoms in total. The van der Waals surface area contributed by atoms with Gasteiger partial charge in [0.15, 0.2) is 17.3 Å². The zero-order chi connectivity index (χ0) is 19.0. The van der Waals surface area contributed by atoms with Gasteiger partial charge in [0, 0.05) is 23.6 Å². The normalized spacial score (nSPS) is 17.3. The number of amides is 1. The Morgan fingerprint density at radius 3 is 2.70 bits per heavy atom. The van der Waals surface area contributed by atoms with Crippen molar-refractivity contribution in [2.75, 3.05) is 12.1 Å². The largest absolute Gasteiger partial charge is 0.454 e. The molecule has 1 atom stereocenters. The summed E-state index contributed by atoms with van der Waals surface area (Å²) in [4.78, 5) is 29.7. The molecule has 27 heavy (non-hydrogen) atoms. The van der Waals surface area contributed by atoms with Crippen molar-refractivity contribution in [1.29, 1.82) is 0 Å². The smallest absolute Gasteiger partial charge is 0.268 e. The van der Waals surface area contributed by atoms with E-state index in [-0.39, 0.29) is 19.0 Å². The molecule has 0 aromatic heterocycles. The highest BCUT2D eigenvalue weighted by molar-refractivity contribution is 6.08. The van der Waals surface area contributed by atoms with Crippen LogP contribution < -0.4 is 14.8 Å². The minimum Gasteiger partial charge on any atom is -0.454 e. The maximum absolute atomic E-state index is 13.4. The van der Waals surface area contributed by atoms with Crippen molar-refractivity contribution in [3.8, 4) is 11.5 Å². The second kappa shape index (κ2) is 6.71. The van der Waals surface area contributed by atoms with E-state index in [1.54, 1.807) is 18.2 Å². The van der Waals surface area contributed by atoms with E-state index in [1.165, 1.54) is 25.1 Å². The Morgan fingerprint density at radius 1 is 1.19 bits per heavy atom. The molecule has 8 heteroatoms. The summed E-state index contributed by atoms with van der Waals surface area (Å²) in [6.45, 7) is 1.45. The van der Waals surface area contributed by atoms with Gasteiger partial charge in [-0.2, -0.15) is 0 Å². The van der Waals surface area contributed by atoms with Crippen LogP contribution in [0.1, 0.15) is 29.3 Å². The minimum atomic E-state index is -0.881. The number of anilines is 1. The molecule has 4 rings (SSSR count). The van der Waals surface area contributed by atoms with Gasteiger partial charge in [-0.1, -0.05) is 17.3 Å². The fraction of sp³-hybridized carbons (Fsp3) is 0.211. The highest BCUT2D eigenvalue weighted by Crippen LogP contribution is 2.37. The second-order valence-corrected chi connectivity index (χ2v) is 6.14. The Bertz CT molecular complexity index is 973. The van der Waals surface area contributed by atoms with Crippen molar-refractivity contribution in [3.05, 3.63) is 53.3 Å². The first-order valence-corrected chi connectivity index (χ1v) is 8.25. The van der Waals surface area contributed by atoms with Gasteiger partial charge in [0.25, 0.3) is 5.91 Å². The molecule has 2 aromatic carbocycles. The number of nitrogens with one attached hydrogen (secondary N) is 1. The van der Waals surface area contributed by atoms with Crippen LogP contribution in [0, 0.1) is 5.82 Å². The van der Waals surface area contributed by atoms with Gasteiger partial charge in [0.2, 0.25) is 12.9 Å². The van der Waals surface area contributed by atoms with E-state index in [9.17, 15) is 14.0 Å². The van der Waals surface area contributed by atoms with Crippen LogP contribution in [0.25, 0.3) is 0 Å². The van der Waals surface area contributed by atoms with Gasteiger partial charge in [0.05, 0.1) is 11.4 Å². The Labute approximate surface area is 153 Å². The lowest BCUT2D eigenvalue weighted by atomic mass is 10.0. The maximum atomic E-state index is 13.4. The van der Waals surface area contributed by atoms with Crippen molar-refractivity contribution >= 4 is 23.1 Å². The standard InChI is InChI=1S/C19H15FN2O5/c1-10(23)13-6-16-17(26-9-25-16)8-15(13)21-19(24)18-7-14(22-27-18)11-3-2-4-12(20)5-11/h2-6,8,18H,7,9H2,1H3,(H,21,24). The van der Waals surface area contributed by atoms with Crippen LogP contribution in [0.5, 0.6) is 11.5 Å². The topological polar surface area (TPSA) is 86.2 Å². The number of nitrogens with zero attached hydrogens (tertiary/aromatic N) is 1. The monoisotopic (exact) mass is 370 g/mol. The van der Waals surface area contributed by atoms with Gasteiger partial charge in [-0.15, -0.1) is 0 Å². The molecule has 0 radical (unpaired) electrons. The van der Waals surface area contributed by atoms with E-state index < -0.39 is 17.8 Å². The summed E-state index contributed by atoms with van der Waals surface area (Å²) >= 11 is 0. The lowest BCUT2D eigenvalue weighted by Gasteiger charge is -2.13. The number of hydrogen-bond acceptors (Lipinski definition) is 6. The van der Waals surface area contributed by atoms with Gasteiger partial charge >= 0.3 is 0 Å². The molecular formula is C19H15FN2O5. The number of halogens is 1. The van der Waals surface area contributed by atoms with Gasteiger partial charge in [-0.3, -0.25) is 9.59 Å². The Morgan fingerprint density at radius 2 is 1.96 bits per heavy atom. The first-order chi connectivity index (χ1) is 13.0. The van der Waals surface area contributed by atoms with Crippen molar-refractivity contribution in [1.82, 2.24) is 0 Å². The maximum Gasteiger partial charge on any atom is 0.268 e. The lowest BCUT2D eigenvalue weighted by molar-refractivity contribution is -0.125. The van der Waals surface area contributed by atoms with Crippen LogP contribution in [-0.2, 0) is 9.63 Å². The van der Waals surface area contributed by atoms with Crippen molar-refractivity contribution in [2.45, 2.75) is 19.4 Å². The first-order valence-electron chi connectivity index (χ1n) is 8.25. The number of rotatable bonds is 4. The summed E-state index contributed by atoms with van der Waals surface area (Å²) < 4.78 is 23.9. The summed E-state index contributed by atoms with van der Waals surface area (Å²) in [5.41, 5.74) is 1.64. The molecule has 138 valence electrons. The first kappa shape index (κ1) is 17.0. The third-order valence-electron chi connectivity index (χ3n) is 4.27. The molecule has 0 saturated carbocycles. The Kier molecular flexibility index (Phi) is 4.23. The Hall–Kier alpha value is -3.42. The second-order valence-electron chi connectivity index (χ2n) is 6.14. The molecule has 2 aliphatic rings. The summed E-state index contributed by atoms with van der Waals surface area (Å²) in [6.07, 6.45) is -0.691. The van der Waals surface area contributed by atoms with Crippen LogP contribution in [0.2, 0.25) is 0 Å². The number of ketones is 1. The molecule has 0 spiro atoms. The summed E-state index contributed by atoms with van der Waals surface area (Å²) in [7, 11) is 0. The summed E-state index contributed by atoms with van der Waals surface area (Å²) in [5.74, 6) is -0.194. The van der Waals surface area contributed by atoms with E-state index in [0.717, 1.165) is 0 Å². The fourth-order valence-electron chi connectivity index (χ4n) is 2.91. The summed E-state index contributed by atoms with van der Waals surface area (Å²) in [6, 6.07) is 8.98. The van der Waals surface area contributed by atoms with Crippen molar-refractivity contribution < 1.29 is 28.3 Å². The number of carbonyl (C=O) groups excluding carboxylic acids is 2. The van der Waals surface area contributed by atoms with Gasteiger partial charge in [-0.05, 0) is 25.1 Å². The third-order valence-corrected chi connectivity index (χ3v) is 4.27.